The number of aryl methyl sites for hydroxylation is 1. The van der Waals surface area contributed by atoms with Gasteiger partial charge in [0.1, 0.15) is 5.82 Å². The molecule has 0 saturated carbocycles. The van der Waals surface area contributed by atoms with Gasteiger partial charge in [0.25, 0.3) is 0 Å². The van der Waals surface area contributed by atoms with E-state index < -0.39 is 15.8 Å². The van der Waals surface area contributed by atoms with Gasteiger partial charge in [-0.15, -0.1) is 0 Å². The molecule has 0 spiro atoms. The van der Waals surface area contributed by atoms with Crippen molar-refractivity contribution in [3.8, 4) is 0 Å². The Bertz CT molecular complexity index is 803. The van der Waals surface area contributed by atoms with Gasteiger partial charge in [-0.1, -0.05) is 17.7 Å². The molecule has 0 saturated heterocycles. The first-order valence-corrected chi connectivity index (χ1v) is 8.88. The van der Waals surface area contributed by atoms with Crippen LogP contribution >= 0.6 is 0 Å². The van der Waals surface area contributed by atoms with Crippen LogP contribution in [0.15, 0.2) is 53.4 Å². The highest BCUT2D eigenvalue weighted by Crippen LogP contribution is 2.15. The summed E-state index contributed by atoms with van der Waals surface area (Å²) in [7, 11) is -3.74. The first-order chi connectivity index (χ1) is 11.3. The molecule has 5 nitrogen and oxygen atoms in total. The zero-order chi connectivity index (χ0) is 17.7. The molecule has 0 atom stereocenters. The van der Waals surface area contributed by atoms with Crippen LogP contribution in [0.3, 0.4) is 0 Å². The molecule has 0 fully saturated rings. The van der Waals surface area contributed by atoms with Crippen LogP contribution in [0.2, 0.25) is 0 Å². The van der Waals surface area contributed by atoms with Crippen LogP contribution in [0.5, 0.6) is 0 Å². The van der Waals surface area contributed by atoms with Crippen LogP contribution in [-0.2, 0) is 14.8 Å². The number of anilines is 1. The van der Waals surface area contributed by atoms with Crippen molar-refractivity contribution < 1.29 is 17.6 Å². The number of carbonyl (C=O) groups is 1. The van der Waals surface area contributed by atoms with E-state index in [1.165, 1.54) is 24.0 Å². The van der Waals surface area contributed by atoms with Gasteiger partial charge in [0, 0.05) is 25.7 Å². The summed E-state index contributed by atoms with van der Waals surface area (Å²) in [5, 5.41) is 0. The predicted octanol–water partition coefficient (Wildman–Crippen LogP) is 2.47. The van der Waals surface area contributed by atoms with E-state index in [1.54, 1.807) is 0 Å². The molecule has 1 amide bonds. The third kappa shape index (κ3) is 4.62. The smallest absolute Gasteiger partial charge is 0.240 e. The van der Waals surface area contributed by atoms with E-state index in [0.717, 1.165) is 17.7 Å². The average Bonchev–Trinajstić information content (AvgIpc) is 2.53. The molecule has 2 aromatic rings. The first kappa shape index (κ1) is 18.1. The fraction of sp³-hybridized carbons (Fsp3) is 0.235. The zero-order valence-corrected chi connectivity index (χ0v) is 14.3. The Morgan fingerprint density at radius 3 is 2.21 bits per heavy atom. The summed E-state index contributed by atoms with van der Waals surface area (Å²) >= 11 is 0. The molecule has 1 N–H and O–H groups in total. The number of halogens is 1. The molecule has 128 valence electrons. The first-order valence-electron chi connectivity index (χ1n) is 7.39. The molecule has 0 radical (unpaired) electrons. The molecule has 0 aliphatic rings. The lowest BCUT2D eigenvalue weighted by Gasteiger charge is -2.21. The molecule has 2 rings (SSSR count). The highest BCUT2D eigenvalue weighted by Gasteiger charge is 2.16. The fourth-order valence-corrected chi connectivity index (χ4v) is 3.20. The largest absolute Gasteiger partial charge is 0.311 e. The lowest BCUT2D eigenvalue weighted by molar-refractivity contribution is -0.116. The highest BCUT2D eigenvalue weighted by molar-refractivity contribution is 7.89. The van der Waals surface area contributed by atoms with Crippen LogP contribution < -0.4 is 9.62 Å². The van der Waals surface area contributed by atoms with Crippen LogP contribution in [0, 0.1) is 12.7 Å². The number of rotatable bonds is 6. The lowest BCUT2D eigenvalue weighted by Crippen LogP contribution is -2.37. The van der Waals surface area contributed by atoms with Crippen molar-refractivity contribution in [2.75, 3.05) is 18.0 Å². The number of sulfonamides is 1. The number of hydrogen-bond acceptors (Lipinski definition) is 3. The van der Waals surface area contributed by atoms with Crippen LogP contribution in [-0.4, -0.2) is 27.4 Å². The maximum Gasteiger partial charge on any atom is 0.240 e. The third-order valence-corrected chi connectivity index (χ3v) is 4.95. The number of hydrogen-bond donors (Lipinski definition) is 1. The molecule has 0 heterocycles. The zero-order valence-electron chi connectivity index (χ0n) is 13.5. The van der Waals surface area contributed by atoms with Gasteiger partial charge in [0.15, 0.2) is 0 Å². The Labute approximate surface area is 141 Å². The second-order valence-corrected chi connectivity index (χ2v) is 7.12. The average molecular weight is 350 g/mol. The van der Waals surface area contributed by atoms with Crippen LogP contribution in [0.25, 0.3) is 0 Å². The normalized spacial score (nSPS) is 11.3. The Kier molecular flexibility index (Phi) is 5.69. The van der Waals surface area contributed by atoms with Crippen LogP contribution in [0.1, 0.15) is 12.5 Å². The second-order valence-electron chi connectivity index (χ2n) is 5.36. The molecule has 0 aliphatic carbocycles. The Morgan fingerprint density at radius 2 is 1.67 bits per heavy atom. The summed E-state index contributed by atoms with van der Waals surface area (Å²) in [6.07, 6.45) is 0. The SMILES string of the molecule is CC(=O)N(CCNS(=O)(=O)c1ccc(F)cc1)c1ccc(C)cc1. The van der Waals surface area contributed by atoms with Gasteiger partial charge in [0.2, 0.25) is 15.9 Å². The van der Waals surface area contributed by atoms with Crippen molar-refractivity contribution in [3.63, 3.8) is 0 Å². The quantitative estimate of drug-likeness (QED) is 0.870. The van der Waals surface area contributed by atoms with Crippen LogP contribution in [0.4, 0.5) is 10.1 Å². The Balaban J connectivity index is 2.03. The van der Waals surface area contributed by atoms with Crippen molar-refractivity contribution in [2.45, 2.75) is 18.7 Å². The fourth-order valence-electron chi connectivity index (χ4n) is 2.18. The monoisotopic (exact) mass is 350 g/mol. The van der Waals surface area contributed by atoms with E-state index in [9.17, 15) is 17.6 Å². The minimum Gasteiger partial charge on any atom is -0.311 e. The van der Waals surface area contributed by atoms with E-state index >= 15 is 0 Å². The highest BCUT2D eigenvalue weighted by atomic mass is 32.2. The standard InChI is InChI=1S/C17H19FN2O3S/c1-13-3-7-16(8-4-13)20(14(2)21)12-11-19-24(22,23)17-9-5-15(18)6-10-17/h3-10,19H,11-12H2,1-2H3. The minimum atomic E-state index is -3.74. The Morgan fingerprint density at radius 1 is 1.08 bits per heavy atom. The number of nitrogens with zero attached hydrogens (tertiary/aromatic N) is 1. The van der Waals surface area contributed by atoms with E-state index in [4.69, 9.17) is 0 Å². The minimum absolute atomic E-state index is 0.0198. The number of amides is 1. The van der Waals surface area contributed by atoms with E-state index in [2.05, 4.69) is 4.72 Å². The van der Waals surface area contributed by atoms with Gasteiger partial charge < -0.3 is 4.90 Å². The number of nitrogens with one attached hydrogen (secondary N) is 1. The summed E-state index contributed by atoms with van der Waals surface area (Å²) in [5.74, 6) is -0.684. The van der Waals surface area contributed by atoms with Crippen molar-refractivity contribution in [1.29, 1.82) is 0 Å². The lowest BCUT2D eigenvalue weighted by atomic mass is 10.2. The summed E-state index contributed by atoms with van der Waals surface area (Å²) in [6.45, 7) is 3.61. The molecule has 0 bridgehead atoms. The topological polar surface area (TPSA) is 66.5 Å². The molecule has 0 aliphatic heterocycles. The predicted molar refractivity (Wildman–Crippen MR) is 90.8 cm³/mol. The summed E-state index contributed by atoms with van der Waals surface area (Å²) in [6, 6.07) is 11.9. The molecule has 7 heteroatoms. The molecule has 0 aromatic heterocycles. The summed E-state index contributed by atoms with van der Waals surface area (Å²) in [4.78, 5) is 13.3. The second kappa shape index (κ2) is 7.55. The van der Waals surface area contributed by atoms with Gasteiger partial charge in [-0.2, -0.15) is 0 Å². The maximum absolute atomic E-state index is 12.9. The third-order valence-electron chi connectivity index (χ3n) is 3.48. The van der Waals surface area contributed by atoms with Gasteiger partial charge in [-0.3, -0.25) is 4.79 Å². The van der Waals surface area contributed by atoms with Crippen molar-refractivity contribution in [3.05, 3.63) is 59.9 Å². The Hall–Kier alpha value is -2.25. The van der Waals surface area contributed by atoms with Crippen molar-refractivity contribution in [1.82, 2.24) is 4.72 Å². The number of benzene rings is 2. The van der Waals surface area contributed by atoms with Gasteiger partial charge in [-0.05, 0) is 43.3 Å². The summed E-state index contributed by atoms with van der Waals surface area (Å²) in [5.41, 5.74) is 1.77. The maximum atomic E-state index is 12.9. The van der Waals surface area contributed by atoms with E-state index in [0.29, 0.717) is 5.69 Å². The number of carbonyl (C=O) groups excluding carboxylic acids is 1. The van der Waals surface area contributed by atoms with E-state index in [1.807, 2.05) is 31.2 Å². The van der Waals surface area contributed by atoms with E-state index in [-0.39, 0.29) is 23.9 Å². The molecule has 24 heavy (non-hydrogen) atoms. The van der Waals surface area contributed by atoms with Gasteiger partial charge in [0.05, 0.1) is 4.90 Å². The molecular formula is C17H19FN2O3S. The molecular weight excluding hydrogens is 331 g/mol. The molecule has 0 unspecified atom stereocenters. The summed E-state index contributed by atoms with van der Waals surface area (Å²) < 4.78 is 39.6. The van der Waals surface area contributed by atoms with Crippen molar-refractivity contribution in [2.24, 2.45) is 0 Å². The molecule has 2 aromatic carbocycles. The van der Waals surface area contributed by atoms with Gasteiger partial charge >= 0.3 is 0 Å². The van der Waals surface area contributed by atoms with Crippen molar-refractivity contribution >= 4 is 21.6 Å². The van der Waals surface area contributed by atoms with Gasteiger partial charge in [-0.25, -0.2) is 17.5 Å².